The first-order chi connectivity index (χ1) is 42.1. The van der Waals surface area contributed by atoms with Crippen molar-refractivity contribution in [3.8, 4) is 66.8 Å². The van der Waals surface area contributed by atoms with Crippen molar-refractivity contribution < 1.29 is 0 Å². The lowest BCUT2D eigenvalue weighted by molar-refractivity contribution is 0.169. The highest BCUT2D eigenvalue weighted by atomic mass is 15.2. The summed E-state index contributed by atoms with van der Waals surface area (Å²) in [5.74, 6) is 1.05. The van der Waals surface area contributed by atoms with Crippen LogP contribution in [0.15, 0.2) is 255 Å². The predicted octanol–water partition coefficient (Wildman–Crippen LogP) is 21.7. The molecule has 0 atom stereocenters. The molecular formula is C84H79BN2. The Balaban J connectivity index is 1.14. The normalized spacial score (nSPS) is 15.6. The van der Waals surface area contributed by atoms with Crippen molar-refractivity contribution in [3.05, 3.63) is 271 Å². The molecule has 0 unspecified atom stereocenters. The van der Waals surface area contributed by atoms with Gasteiger partial charge in [-0.1, -0.05) is 293 Å². The molecule has 3 heteroatoms. The van der Waals surface area contributed by atoms with E-state index in [9.17, 15) is 0 Å². The zero-order valence-electron chi connectivity index (χ0n) is 52.2. The highest BCUT2D eigenvalue weighted by Gasteiger charge is 2.46. The van der Waals surface area contributed by atoms with Gasteiger partial charge in [0.1, 0.15) is 0 Å². The molecule has 1 fully saturated rings. The zero-order chi connectivity index (χ0) is 59.8. The van der Waals surface area contributed by atoms with Crippen molar-refractivity contribution in [2.75, 3.05) is 9.80 Å². The first-order valence-corrected chi connectivity index (χ1v) is 31.8. The molecule has 11 aromatic rings. The molecule has 2 aliphatic heterocycles. The molecular weight excluding hydrogens is 1050 g/mol. The topological polar surface area (TPSA) is 6.48 Å². The van der Waals surface area contributed by atoms with Crippen LogP contribution in [0.25, 0.3) is 66.8 Å². The molecule has 428 valence electrons. The van der Waals surface area contributed by atoms with Gasteiger partial charge >= 0.3 is 0 Å². The van der Waals surface area contributed by atoms with Gasteiger partial charge in [-0.25, -0.2) is 0 Å². The number of nitrogens with zero attached hydrogens (tertiary/aromatic N) is 2. The number of hydrogen-bond donors (Lipinski definition) is 0. The lowest BCUT2D eigenvalue weighted by Crippen LogP contribution is -2.61. The van der Waals surface area contributed by atoms with Crippen LogP contribution in [0.2, 0.25) is 0 Å². The summed E-state index contributed by atoms with van der Waals surface area (Å²) in [6, 6.07) is 97.5. The number of para-hydroxylation sites is 2. The molecule has 1 aliphatic carbocycles. The number of anilines is 6. The van der Waals surface area contributed by atoms with Gasteiger partial charge in [0.15, 0.2) is 0 Å². The second-order valence-electron chi connectivity index (χ2n) is 28.1. The average molecular weight is 1130 g/mol. The van der Waals surface area contributed by atoms with Crippen molar-refractivity contribution in [1.29, 1.82) is 0 Å². The quantitative estimate of drug-likeness (QED) is 0.133. The van der Waals surface area contributed by atoms with Gasteiger partial charge in [0.05, 0.1) is 11.4 Å². The predicted molar refractivity (Wildman–Crippen MR) is 375 cm³/mol. The van der Waals surface area contributed by atoms with Crippen LogP contribution in [0.1, 0.15) is 111 Å². The average Bonchev–Trinajstić information content (AvgIpc) is 0.700. The van der Waals surface area contributed by atoms with Gasteiger partial charge in [-0.05, 0) is 156 Å². The molecule has 2 heterocycles. The van der Waals surface area contributed by atoms with Gasteiger partial charge in [0, 0.05) is 45.0 Å². The van der Waals surface area contributed by atoms with E-state index in [1.54, 1.807) is 0 Å². The Morgan fingerprint density at radius 3 is 0.966 bits per heavy atom. The van der Waals surface area contributed by atoms with Gasteiger partial charge in [0.2, 0.25) is 0 Å². The lowest BCUT2D eigenvalue weighted by Gasteiger charge is -2.46. The molecule has 0 saturated heterocycles. The van der Waals surface area contributed by atoms with Gasteiger partial charge < -0.3 is 9.80 Å². The summed E-state index contributed by atoms with van der Waals surface area (Å²) in [5, 5.41) is 0. The van der Waals surface area contributed by atoms with Crippen LogP contribution in [0.4, 0.5) is 34.1 Å². The minimum absolute atomic E-state index is 0.0321. The van der Waals surface area contributed by atoms with Crippen molar-refractivity contribution in [2.45, 2.75) is 105 Å². The highest BCUT2D eigenvalue weighted by Crippen LogP contribution is 2.55. The van der Waals surface area contributed by atoms with E-state index in [-0.39, 0.29) is 23.0 Å². The first-order valence-electron chi connectivity index (χ1n) is 31.8. The number of fused-ring (bicyclic) bond motifs is 4. The SMILES string of the molecule is CC(C)(C)c1ccc(-c2ccc3c(c2)B2c4cc(-c5ccc(C(C)(C)C)cc5)ccc4N(c4c(-c5ccccc5)cccc4-c4ccccc4)c4cc(C5CCC(C(C)(C)C)CC5)cc(c42)N3c2c(-c3ccccc3)cccc2-c2ccccc2)cc1. The smallest absolute Gasteiger partial charge is 0.252 e. The Morgan fingerprint density at radius 2 is 0.644 bits per heavy atom. The molecule has 3 aliphatic rings. The van der Waals surface area contributed by atoms with Gasteiger partial charge in [-0.15, -0.1) is 0 Å². The molecule has 0 bridgehead atoms. The van der Waals surface area contributed by atoms with Crippen LogP contribution in [0, 0.1) is 11.3 Å². The maximum Gasteiger partial charge on any atom is 0.252 e. The number of benzene rings is 11. The summed E-state index contributed by atoms with van der Waals surface area (Å²) in [7, 11) is 0. The van der Waals surface area contributed by atoms with Crippen molar-refractivity contribution in [3.63, 3.8) is 0 Å². The molecule has 1 saturated carbocycles. The standard InChI is InChI=1S/C84H79BN2/c1-82(2,3)66-44-36-56(37-45-66)63-42-50-75-73(52-63)85-74-53-64(57-38-46-67(47-39-57)83(4,5)6)43-51-76(74)87(81-71(61-28-18-12-19-29-61)34-23-35-72(81)62-30-20-13-21-31-62)78-55-65(58-40-48-68(49-41-58)84(7,8)9)54-77(79(78)85)86(75)80-69(59-24-14-10-15-25-59)32-22-33-70(80)60-26-16-11-17-27-60/h10-39,42-47,50-55,58,68H,40-41,48-49H2,1-9H3. The number of hydrogen-bond acceptors (Lipinski definition) is 2. The summed E-state index contributed by atoms with van der Waals surface area (Å²) < 4.78 is 0. The van der Waals surface area contributed by atoms with Crippen LogP contribution < -0.4 is 26.2 Å². The van der Waals surface area contributed by atoms with E-state index < -0.39 is 0 Å². The highest BCUT2D eigenvalue weighted by molar-refractivity contribution is 7.00. The summed E-state index contributed by atoms with van der Waals surface area (Å²) >= 11 is 0. The third-order valence-corrected chi connectivity index (χ3v) is 19.5. The molecule has 14 rings (SSSR count). The molecule has 87 heavy (non-hydrogen) atoms. The fraction of sp³-hybridized carbons (Fsp3) is 0.214. The Hall–Kier alpha value is -8.92. The summed E-state index contributed by atoms with van der Waals surface area (Å²) in [5.41, 5.74) is 30.0. The van der Waals surface area contributed by atoms with Gasteiger partial charge in [-0.3, -0.25) is 0 Å². The van der Waals surface area contributed by atoms with Crippen molar-refractivity contribution >= 4 is 57.2 Å². The van der Waals surface area contributed by atoms with E-state index in [1.807, 2.05) is 0 Å². The molecule has 0 radical (unpaired) electrons. The molecule has 11 aromatic carbocycles. The van der Waals surface area contributed by atoms with Crippen LogP contribution in [0.3, 0.4) is 0 Å². The Morgan fingerprint density at radius 1 is 0.310 bits per heavy atom. The van der Waals surface area contributed by atoms with Gasteiger partial charge in [0.25, 0.3) is 6.71 Å². The van der Waals surface area contributed by atoms with Crippen molar-refractivity contribution in [2.24, 2.45) is 11.3 Å². The van der Waals surface area contributed by atoms with Crippen molar-refractivity contribution in [1.82, 2.24) is 0 Å². The minimum atomic E-state index is -0.145. The minimum Gasteiger partial charge on any atom is -0.310 e. The van der Waals surface area contributed by atoms with E-state index in [4.69, 9.17) is 0 Å². The third-order valence-electron chi connectivity index (χ3n) is 19.5. The van der Waals surface area contributed by atoms with Crippen LogP contribution in [-0.2, 0) is 10.8 Å². The largest absolute Gasteiger partial charge is 0.310 e. The van der Waals surface area contributed by atoms with E-state index in [0.717, 1.165) is 12.8 Å². The molecule has 2 nitrogen and oxygen atoms in total. The fourth-order valence-electron chi connectivity index (χ4n) is 14.7. The van der Waals surface area contributed by atoms with E-state index in [2.05, 4.69) is 327 Å². The molecule has 0 N–H and O–H groups in total. The monoisotopic (exact) mass is 1130 g/mol. The fourth-order valence-corrected chi connectivity index (χ4v) is 14.7. The summed E-state index contributed by atoms with van der Waals surface area (Å²) in [6.45, 7) is 21.1. The van der Waals surface area contributed by atoms with E-state index >= 15 is 0 Å². The van der Waals surface area contributed by atoms with Crippen LogP contribution in [0.5, 0.6) is 0 Å². The Bertz CT molecular complexity index is 3930. The first kappa shape index (κ1) is 55.9. The van der Waals surface area contributed by atoms with Crippen LogP contribution in [-0.4, -0.2) is 6.71 Å². The third kappa shape index (κ3) is 10.3. The lowest BCUT2D eigenvalue weighted by atomic mass is 9.33. The van der Waals surface area contributed by atoms with E-state index in [1.165, 1.54) is 147 Å². The maximum atomic E-state index is 2.73. The second-order valence-corrected chi connectivity index (χ2v) is 28.1. The molecule has 0 amide bonds. The van der Waals surface area contributed by atoms with Crippen LogP contribution >= 0.6 is 0 Å². The second kappa shape index (κ2) is 22.1. The van der Waals surface area contributed by atoms with E-state index in [0.29, 0.717) is 11.8 Å². The summed E-state index contributed by atoms with van der Waals surface area (Å²) in [6.07, 6.45) is 4.73. The Labute approximate surface area is 518 Å². The van der Waals surface area contributed by atoms with Gasteiger partial charge in [-0.2, -0.15) is 0 Å². The zero-order valence-corrected chi connectivity index (χ0v) is 52.2. The molecule has 0 spiro atoms. The summed E-state index contributed by atoms with van der Waals surface area (Å²) in [4.78, 5) is 5.46. The maximum absolute atomic E-state index is 2.73. The Kier molecular flexibility index (Phi) is 14.2. The number of rotatable bonds is 9. The molecule has 0 aromatic heterocycles.